The Hall–Kier alpha value is -1.39. The van der Waals surface area contributed by atoms with Crippen LogP contribution < -0.4 is 5.73 Å². The van der Waals surface area contributed by atoms with Crippen LogP contribution in [0.25, 0.3) is 0 Å². The van der Waals surface area contributed by atoms with Gasteiger partial charge in [-0.05, 0) is 30.7 Å². The molecule has 2 rings (SSSR count). The summed E-state index contributed by atoms with van der Waals surface area (Å²) >= 11 is 0. The Kier molecular flexibility index (Phi) is 7.06. The number of hydrogen-bond acceptors (Lipinski definition) is 3. The van der Waals surface area contributed by atoms with Gasteiger partial charge in [-0.2, -0.15) is 0 Å². The number of nitrogens with zero attached hydrogens (tertiary/aromatic N) is 2. The van der Waals surface area contributed by atoms with E-state index in [1.165, 1.54) is 18.4 Å². The number of carbonyl (C=O) groups excluding carboxylic acids is 1. The van der Waals surface area contributed by atoms with Gasteiger partial charge in [-0.15, -0.1) is 0 Å². The lowest BCUT2D eigenvalue weighted by Gasteiger charge is -2.28. The van der Waals surface area contributed by atoms with Gasteiger partial charge in [0.1, 0.15) is 0 Å². The minimum Gasteiger partial charge on any atom is -0.338 e. The molecule has 0 aliphatic heterocycles. The zero-order chi connectivity index (χ0) is 16.7. The van der Waals surface area contributed by atoms with Gasteiger partial charge in [0, 0.05) is 32.2 Å². The number of nitrogens with two attached hydrogens (primary N) is 1. The minimum absolute atomic E-state index is 0.266. The van der Waals surface area contributed by atoms with Crippen LogP contribution in [0.3, 0.4) is 0 Å². The maximum atomic E-state index is 12.7. The van der Waals surface area contributed by atoms with Crippen LogP contribution in [-0.4, -0.2) is 54.5 Å². The van der Waals surface area contributed by atoms with Crippen LogP contribution in [0, 0.1) is 5.92 Å². The van der Waals surface area contributed by atoms with Crippen molar-refractivity contribution in [1.82, 2.24) is 9.80 Å². The third kappa shape index (κ3) is 6.32. The largest absolute Gasteiger partial charge is 0.338 e. The van der Waals surface area contributed by atoms with E-state index in [-0.39, 0.29) is 5.91 Å². The smallest absolute Gasteiger partial charge is 0.237 e. The van der Waals surface area contributed by atoms with E-state index in [0.717, 1.165) is 26.1 Å². The Morgan fingerprint density at radius 1 is 1.22 bits per heavy atom. The second kappa shape index (κ2) is 9.04. The van der Waals surface area contributed by atoms with Gasteiger partial charge >= 0.3 is 0 Å². The van der Waals surface area contributed by atoms with Crippen molar-refractivity contribution in [3.8, 4) is 0 Å². The zero-order valence-electron chi connectivity index (χ0n) is 14.6. The average molecular weight is 317 g/mol. The molecular weight excluding hydrogens is 286 g/mol. The van der Waals surface area contributed by atoms with Crippen LogP contribution in [0.15, 0.2) is 30.3 Å². The molecule has 0 spiro atoms. The molecule has 0 bridgehead atoms. The molecule has 1 aromatic rings. The van der Waals surface area contributed by atoms with Gasteiger partial charge in [0.05, 0.1) is 6.54 Å². The first-order valence-corrected chi connectivity index (χ1v) is 8.86. The van der Waals surface area contributed by atoms with Crippen LogP contribution in [-0.2, 0) is 11.2 Å². The maximum absolute atomic E-state index is 12.7. The third-order valence-corrected chi connectivity index (χ3v) is 4.23. The monoisotopic (exact) mass is 317 g/mol. The van der Waals surface area contributed by atoms with Gasteiger partial charge in [0.15, 0.2) is 0 Å². The summed E-state index contributed by atoms with van der Waals surface area (Å²) in [5.74, 6) is 0.787. The fourth-order valence-electron chi connectivity index (χ4n) is 2.90. The normalized spacial score (nSPS) is 14.5. The summed E-state index contributed by atoms with van der Waals surface area (Å²) in [6.07, 6.45) is 3.29. The first kappa shape index (κ1) is 18.0. The first-order valence-electron chi connectivity index (χ1n) is 8.86. The summed E-state index contributed by atoms with van der Waals surface area (Å²) in [7, 11) is 0. The Morgan fingerprint density at radius 2 is 1.91 bits per heavy atom. The molecule has 4 nitrogen and oxygen atoms in total. The average Bonchev–Trinajstić information content (AvgIpc) is 3.36. The summed E-state index contributed by atoms with van der Waals surface area (Å²) in [6, 6.07) is 10.9. The molecule has 0 unspecified atom stereocenters. The van der Waals surface area contributed by atoms with Crippen molar-refractivity contribution in [2.75, 3.05) is 32.7 Å². The Balaban J connectivity index is 1.87. The highest BCUT2D eigenvalue weighted by atomic mass is 16.2. The number of amides is 1. The summed E-state index contributed by atoms with van der Waals surface area (Å²) in [5, 5.41) is 0. The Labute approximate surface area is 140 Å². The lowest BCUT2D eigenvalue weighted by atomic mass is 10.1. The molecule has 4 heteroatoms. The number of benzene rings is 1. The highest BCUT2D eigenvalue weighted by Gasteiger charge is 2.33. The molecule has 1 amide bonds. The summed E-state index contributed by atoms with van der Waals surface area (Å²) < 4.78 is 0. The minimum atomic E-state index is 0.266. The number of hydrogen-bond donors (Lipinski definition) is 1. The van der Waals surface area contributed by atoms with Crippen LogP contribution in [0.2, 0.25) is 0 Å². The molecule has 0 aromatic heterocycles. The van der Waals surface area contributed by atoms with Gasteiger partial charge in [0.25, 0.3) is 0 Å². The maximum Gasteiger partial charge on any atom is 0.237 e. The van der Waals surface area contributed by atoms with E-state index in [0.29, 0.717) is 25.0 Å². The number of carbonyl (C=O) groups is 1. The second-order valence-electron chi connectivity index (χ2n) is 6.97. The summed E-state index contributed by atoms with van der Waals surface area (Å²) in [5.41, 5.74) is 7.05. The van der Waals surface area contributed by atoms with Crippen molar-refractivity contribution in [2.24, 2.45) is 11.7 Å². The predicted octanol–water partition coefficient (Wildman–Crippen LogP) is 2.14. The van der Waals surface area contributed by atoms with Crippen LogP contribution in [0.5, 0.6) is 0 Å². The summed E-state index contributed by atoms with van der Waals surface area (Å²) in [4.78, 5) is 17.0. The van der Waals surface area contributed by atoms with Gasteiger partial charge in [-0.25, -0.2) is 0 Å². The van der Waals surface area contributed by atoms with E-state index in [9.17, 15) is 4.79 Å². The van der Waals surface area contributed by atoms with E-state index in [4.69, 9.17) is 5.73 Å². The van der Waals surface area contributed by atoms with Crippen molar-refractivity contribution in [2.45, 2.75) is 39.2 Å². The lowest BCUT2D eigenvalue weighted by molar-refractivity contribution is -0.133. The molecule has 0 heterocycles. The topological polar surface area (TPSA) is 49.6 Å². The molecular formula is C19H31N3O. The Bertz CT molecular complexity index is 471. The second-order valence-corrected chi connectivity index (χ2v) is 6.97. The quantitative estimate of drug-likeness (QED) is 0.719. The SMILES string of the molecule is CC(C)CN(C(=O)CN(CCN)CCc1ccccc1)C1CC1. The number of rotatable bonds is 10. The van der Waals surface area contributed by atoms with E-state index in [1.54, 1.807) is 0 Å². The first-order chi connectivity index (χ1) is 11.1. The van der Waals surface area contributed by atoms with Crippen molar-refractivity contribution < 1.29 is 4.79 Å². The van der Waals surface area contributed by atoms with Gasteiger partial charge < -0.3 is 10.6 Å². The third-order valence-electron chi connectivity index (χ3n) is 4.23. The molecule has 1 fully saturated rings. The van der Waals surface area contributed by atoms with Gasteiger partial charge in [0.2, 0.25) is 5.91 Å². The highest BCUT2D eigenvalue weighted by Crippen LogP contribution is 2.27. The van der Waals surface area contributed by atoms with Crippen LogP contribution >= 0.6 is 0 Å². The molecule has 128 valence electrons. The van der Waals surface area contributed by atoms with Gasteiger partial charge in [-0.3, -0.25) is 9.69 Å². The van der Waals surface area contributed by atoms with E-state index < -0.39 is 0 Å². The molecule has 1 aliphatic carbocycles. The van der Waals surface area contributed by atoms with Crippen LogP contribution in [0.4, 0.5) is 0 Å². The lowest BCUT2D eigenvalue weighted by Crippen LogP contribution is -2.44. The standard InChI is InChI=1S/C19H31N3O/c1-16(2)14-22(18-8-9-18)19(23)15-21(13-11-20)12-10-17-6-4-3-5-7-17/h3-7,16,18H,8-15,20H2,1-2H3. The van der Waals surface area contributed by atoms with Crippen molar-refractivity contribution >= 4 is 5.91 Å². The summed E-state index contributed by atoms with van der Waals surface area (Å²) in [6.45, 7) is 7.97. The van der Waals surface area contributed by atoms with Gasteiger partial charge in [-0.1, -0.05) is 44.2 Å². The van der Waals surface area contributed by atoms with E-state index >= 15 is 0 Å². The molecule has 1 aliphatic rings. The van der Waals surface area contributed by atoms with Crippen molar-refractivity contribution in [3.05, 3.63) is 35.9 Å². The molecule has 2 N–H and O–H groups in total. The Morgan fingerprint density at radius 3 is 2.48 bits per heavy atom. The van der Waals surface area contributed by atoms with Crippen molar-refractivity contribution in [3.63, 3.8) is 0 Å². The zero-order valence-corrected chi connectivity index (χ0v) is 14.6. The highest BCUT2D eigenvalue weighted by molar-refractivity contribution is 5.79. The molecule has 23 heavy (non-hydrogen) atoms. The molecule has 1 aromatic carbocycles. The van der Waals surface area contributed by atoms with E-state index in [2.05, 4.69) is 47.9 Å². The molecule has 0 saturated heterocycles. The van der Waals surface area contributed by atoms with E-state index in [1.807, 2.05) is 6.07 Å². The predicted molar refractivity (Wildman–Crippen MR) is 95.2 cm³/mol. The van der Waals surface area contributed by atoms with Crippen molar-refractivity contribution in [1.29, 1.82) is 0 Å². The molecule has 0 atom stereocenters. The molecule has 0 radical (unpaired) electrons. The van der Waals surface area contributed by atoms with Crippen LogP contribution in [0.1, 0.15) is 32.3 Å². The fourth-order valence-corrected chi connectivity index (χ4v) is 2.90. The molecule has 1 saturated carbocycles. The fraction of sp³-hybridized carbons (Fsp3) is 0.632.